The lowest BCUT2D eigenvalue weighted by Crippen LogP contribution is -3.00. The van der Waals surface area contributed by atoms with Gasteiger partial charge in [0, 0.05) is 0 Å². The highest BCUT2D eigenvalue weighted by Gasteiger charge is 2.22. The van der Waals surface area contributed by atoms with E-state index in [1.807, 2.05) is 18.2 Å². The lowest BCUT2D eigenvalue weighted by molar-refractivity contribution is -0.918. The summed E-state index contributed by atoms with van der Waals surface area (Å²) in [5.41, 5.74) is 1.20. The molecule has 1 aromatic rings. The molecule has 0 bridgehead atoms. The zero-order valence-corrected chi connectivity index (χ0v) is 14.2. The fourth-order valence-corrected chi connectivity index (χ4v) is 2.05. The molecule has 0 saturated carbocycles. The van der Waals surface area contributed by atoms with Crippen molar-refractivity contribution in [3.63, 3.8) is 0 Å². The predicted molar refractivity (Wildman–Crippen MR) is 80.1 cm³/mol. The number of ether oxygens (including phenoxy) is 1. The number of likely N-dealkylation sites (N-methyl/N-ethyl adjacent to an activating group) is 1. The first-order chi connectivity index (χ1) is 8.65. The summed E-state index contributed by atoms with van der Waals surface area (Å²) in [7, 11) is 0. The molecule has 0 atom stereocenters. The number of benzene rings is 1. The number of quaternary nitrogens is 1. The number of hydrogen-bond donors (Lipinski definition) is 0. The van der Waals surface area contributed by atoms with E-state index in [2.05, 4.69) is 32.9 Å². The van der Waals surface area contributed by atoms with Gasteiger partial charge in [0.05, 0.1) is 13.1 Å². The largest absolute Gasteiger partial charge is 1.00 e. The molecule has 0 aliphatic rings. The first-order valence-corrected chi connectivity index (χ1v) is 6.57. The third-order valence-electron chi connectivity index (χ3n) is 3.57. The number of rotatable bonds is 7. The maximum atomic E-state index is 8.91. The Labute approximate surface area is 141 Å². The Morgan fingerprint density at radius 3 is 2.40 bits per heavy atom. The minimum Gasteiger partial charge on any atom is -1.00 e. The smallest absolute Gasteiger partial charge is 0.166 e. The van der Waals surface area contributed by atoms with E-state index < -0.39 is 0 Å². The minimum atomic E-state index is 0. The van der Waals surface area contributed by atoms with Crippen LogP contribution in [-0.2, 0) is 0 Å². The molecule has 0 spiro atoms. The van der Waals surface area contributed by atoms with Gasteiger partial charge in [-0.05, 0) is 38.5 Å². The van der Waals surface area contributed by atoms with Crippen molar-refractivity contribution in [2.75, 3.05) is 32.8 Å². The molecule has 0 unspecified atom stereocenters. The van der Waals surface area contributed by atoms with Crippen LogP contribution in [0.25, 0.3) is 0 Å². The number of aryl methyl sites for hydroxylation is 1. The zero-order valence-electron chi connectivity index (χ0n) is 12.0. The van der Waals surface area contributed by atoms with E-state index in [9.17, 15) is 0 Å². The van der Waals surface area contributed by atoms with Gasteiger partial charge in [-0.25, -0.2) is 0 Å². The molecule has 3 nitrogen and oxygen atoms in total. The fraction of sp³-hybridized carbons (Fsp3) is 0.562. The lowest BCUT2D eigenvalue weighted by atomic mass is 10.2. The van der Waals surface area contributed by atoms with Crippen molar-refractivity contribution in [3.05, 3.63) is 29.8 Å². The molecule has 0 aromatic heterocycles. The number of hydrogen-bond acceptors (Lipinski definition) is 2. The molecule has 0 aliphatic heterocycles. The number of halogens is 1. The van der Waals surface area contributed by atoms with Crippen molar-refractivity contribution in [1.82, 2.24) is 0 Å². The fourth-order valence-electron chi connectivity index (χ4n) is 2.05. The van der Waals surface area contributed by atoms with Crippen LogP contribution >= 0.6 is 0 Å². The molecule has 0 saturated heterocycles. The van der Waals surface area contributed by atoms with E-state index in [4.69, 9.17) is 10.00 Å². The number of nitrogens with zero attached hydrogens (tertiary/aromatic N) is 2. The van der Waals surface area contributed by atoms with Crippen molar-refractivity contribution in [2.24, 2.45) is 0 Å². The van der Waals surface area contributed by atoms with Crippen LogP contribution in [-0.4, -0.2) is 37.3 Å². The van der Waals surface area contributed by atoms with E-state index in [1.165, 1.54) is 5.56 Å². The van der Waals surface area contributed by atoms with Crippen LogP contribution in [0.2, 0.25) is 0 Å². The van der Waals surface area contributed by atoms with E-state index >= 15 is 0 Å². The van der Waals surface area contributed by atoms with E-state index in [1.54, 1.807) is 0 Å². The van der Waals surface area contributed by atoms with Gasteiger partial charge < -0.3 is 33.2 Å². The van der Waals surface area contributed by atoms with Crippen molar-refractivity contribution in [1.29, 1.82) is 5.26 Å². The lowest BCUT2D eigenvalue weighted by Gasteiger charge is -2.34. The summed E-state index contributed by atoms with van der Waals surface area (Å²) in [6.07, 6.45) is 0. The van der Waals surface area contributed by atoms with Gasteiger partial charge in [-0.3, -0.25) is 0 Å². The summed E-state index contributed by atoms with van der Waals surface area (Å²) in [5, 5.41) is 8.91. The molecule has 0 heterocycles. The van der Waals surface area contributed by atoms with Crippen molar-refractivity contribution < 1.29 is 33.2 Å². The van der Waals surface area contributed by atoms with Gasteiger partial charge in [-0.2, -0.15) is 5.26 Å². The second-order valence-corrected chi connectivity index (χ2v) is 4.68. The van der Waals surface area contributed by atoms with Gasteiger partial charge in [0.25, 0.3) is 0 Å². The van der Waals surface area contributed by atoms with Gasteiger partial charge in [-0.15, -0.1) is 0 Å². The van der Waals surface area contributed by atoms with Crippen LogP contribution in [0.1, 0.15) is 26.8 Å². The summed E-state index contributed by atoms with van der Waals surface area (Å²) in [5.74, 6) is 0.914. The Balaban J connectivity index is 0. The highest BCUT2D eigenvalue weighted by molar-refractivity contribution is 5.27. The summed E-state index contributed by atoms with van der Waals surface area (Å²) in [4.78, 5) is 0. The topological polar surface area (TPSA) is 33.0 Å². The summed E-state index contributed by atoms with van der Waals surface area (Å²) < 4.78 is 6.58. The Bertz CT molecular complexity index is 411. The SMILES string of the molecule is C.CC[N+](CC)(CC#N)CCOc1cccc(C)c1.[I-]. The third-order valence-corrected chi connectivity index (χ3v) is 3.57. The van der Waals surface area contributed by atoms with Crippen molar-refractivity contribution in [3.8, 4) is 11.8 Å². The van der Waals surface area contributed by atoms with Crippen LogP contribution in [0.5, 0.6) is 5.75 Å². The van der Waals surface area contributed by atoms with Crippen molar-refractivity contribution >= 4 is 0 Å². The normalized spacial score (nSPS) is 9.90. The Hall–Kier alpha value is -0.800. The highest BCUT2D eigenvalue weighted by atomic mass is 127. The molecule has 20 heavy (non-hydrogen) atoms. The second kappa shape index (κ2) is 10.9. The monoisotopic (exact) mass is 390 g/mol. The second-order valence-electron chi connectivity index (χ2n) is 4.68. The zero-order chi connectivity index (χ0) is 13.4. The Morgan fingerprint density at radius 1 is 1.25 bits per heavy atom. The molecule has 1 rings (SSSR count). The Kier molecular flexibility index (Phi) is 11.7. The van der Waals surface area contributed by atoms with Crippen LogP contribution in [0.4, 0.5) is 0 Å². The average molecular weight is 390 g/mol. The summed E-state index contributed by atoms with van der Waals surface area (Å²) in [6.45, 7) is 10.4. The van der Waals surface area contributed by atoms with Crippen LogP contribution < -0.4 is 28.7 Å². The molecular formula is C16H27IN2O. The summed E-state index contributed by atoms with van der Waals surface area (Å²) >= 11 is 0. The van der Waals surface area contributed by atoms with Gasteiger partial charge in [0.2, 0.25) is 0 Å². The van der Waals surface area contributed by atoms with Gasteiger partial charge in [-0.1, -0.05) is 19.6 Å². The van der Waals surface area contributed by atoms with E-state index in [0.717, 1.165) is 29.9 Å². The summed E-state index contributed by atoms with van der Waals surface area (Å²) in [6, 6.07) is 10.4. The van der Waals surface area contributed by atoms with Gasteiger partial charge >= 0.3 is 0 Å². The third kappa shape index (κ3) is 6.58. The van der Waals surface area contributed by atoms with E-state index in [-0.39, 0.29) is 31.4 Å². The van der Waals surface area contributed by atoms with Crippen LogP contribution in [0.15, 0.2) is 24.3 Å². The molecule has 0 N–H and O–H groups in total. The Morgan fingerprint density at radius 2 is 1.90 bits per heavy atom. The average Bonchev–Trinajstić information content (AvgIpc) is 2.38. The van der Waals surface area contributed by atoms with Crippen LogP contribution in [0, 0.1) is 18.3 Å². The first kappa shape index (κ1) is 21.5. The predicted octanol–water partition coefficient (Wildman–Crippen LogP) is 0.394. The molecule has 0 radical (unpaired) electrons. The molecule has 1 aromatic carbocycles. The maximum absolute atomic E-state index is 8.91. The van der Waals surface area contributed by atoms with Crippen molar-refractivity contribution in [2.45, 2.75) is 28.2 Å². The highest BCUT2D eigenvalue weighted by Crippen LogP contribution is 2.13. The van der Waals surface area contributed by atoms with Gasteiger partial charge in [0.15, 0.2) is 6.54 Å². The molecule has 4 heteroatoms. The molecular weight excluding hydrogens is 363 g/mol. The van der Waals surface area contributed by atoms with Gasteiger partial charge in [0.1, 0.15) is 25.0 Å². The molecule has 0 fully saturated rings. The van der Waals surface area contributed by atoms with Crippen LogP contribution in [0.3, 0.4) is 0 Å². The first-order valence-electron chi connectivity index (χ1n) is 6.57. The molecule has 0 amide bonds. The van der Waals surface area contributed by atoms with E-state index in [0.29, 0.717) is 13.2 Å². The standard InChI is InChI=1S/C15H23N2O.CH4.HI/c1-4-17(5-2,10-9-16)11-12-18-15-8-6-7-14(3)13-15;;/h6-8,13H,4-5,10-12H2,1-3H3;1H4;1H/q+1;;/p-1. The maximum Gasteiger partial charge on any atom is 0.166 e. The minimum absolute atomic E-state index is 0. The number of nitriles is 1. The molecule has 114 valence electrons. The quantitative estimate of drug-likeness (QED) is 0.384. The molecule has 0 aliphatic carbocycles.